The fourth-order valence-electron chi connectivity index (χ4n) is 6.03. The van der Waals surface area contributed by atoms with Crippen LogP contribution in [0.25, 0.3) is 0 Å². The molecule has 0 amide bonds. The predicted octanol–water partition coefficient (Wildman–Crippen LogP) is 9.83. The van der Waals surface area contributed by atoms with E-state index in [-0.39, 0.29) is 0 Å². The van der Waals surface area contributed by atoms with Gasteiger partial charge in [0.15, 0.2) is 0 Å². The van der Waals surface area contributed by atoms with Crippen molar-refractivity contribution in [1.82, 2.24) is 4.90 Å². The van der Waals surface area contributed by atoms with Crippen LogP contribution in [0.3, 0.4) is 0 Å². The summed E-state index contributed by atoms with van der Waals surface area (Å²) in [6, 6.07) is 7.57. The average molecular weight is 512 g/mol. The second-order valence-corrected chi connectivity index (χ2v) is 12.6. The van der Waals surface area contributed by atoms with Gasteiger partial charge in [0.1, 0.15) is 0 Å². The molecule has 2 nitrogen and oxygen atoms in total. The topological polar surface area (TPSA) is 23.5 Å². The smallest absolute Gasteiger partial charge is 0.0431 e. The molecule has 1 aromatic carbocycles. The SMILES string of the molecule is CCC/C=C(/CCC(C)CCCCCCC1CN(C(C)c2cc(C)ccc2CCCCCO)C1)C(C)C. The van der Waals surface area contributed by atoms with Crippen LogP contribution >= 0.6 is 0 Å². The first-order valence-electron chi connectivity index (χ1n) is 16.0. The van der Waals surface area contributed by atoms with E-state index < -0.39 is 0 Å². The quantitative estimate of drug-likeness (QED) is 0.139. The lowest BCUT2D eigenvalue weighted by atomic mass is 9.88. The van der Waals surface area contributed by atoms with Gasteiger partial charge in [0.25, 0.3) is 0 Å². The van der Waals surface area contributed by atoms with Gasteiger partial charge >= 0.3 is 0 Å². The highest BCUT2D eigenvalue weighted by Crippen LogP contribution is 2.33. The highest BCUT2D eigenvalue weighted by Gasteiger charge is 2.31. The van der Waals surface area contributed by atoms with Crippen LogP contribution in [0.5, 0.6) is 0 Å². The third-order valence-corrected chi connectivity index (χ3v) is 8.81. The molecule has 1 aliphatic rings. The van der Waals surface area contributed by atoms with Gasteiger partial charge in [-0.1, -0.05) is 108 Å². The number of rotatable bonds is 20. The van der Waals surface area contributed by atoms with Gasteiger partial charge < -0.3 is 5.11 Å². The Morgan fingerprint density at radius 1 is 0.973 bits per heavy atom. The molecule has 1 fully saturated rings. The molecule has 0 aromatic heterocycles. The van der Waals surface area contributed by atoms with E-state index in [2.05, 4.69) is 70.7 Å². The number of hydrogen-bond donors (Lipinski definition) is 1. The third-order valence-electron chi connectivity index (χ3n) is 8.81. The Kier molecular flexibility index (Phi) is 15.8. The Bertz CT molecular complexity index is 761. The molecule has 0 spiro atoms. The maximum absolute atomic E-state index is 9.07. The van der Waals surface area contributed by atoms with Crippen molar-refractivity contribution in [3.63, 3.8) is 0 Å². The number of aryl methyl sites for hydroxylation is 2. The van der Waals surface area contributed by atoms with Crippen LogP contribution in [0.1, 0.15) is 141 Å². The molecule has 0 radical (unpaired) electrons. The lowest BCUT2D eigenvalue weighted by molar-refractivity contribution is 0.0530. The van der Waals surface area contributed by atoms with E-state index in [4.69, 9.17) is 5.11 Å². The zero-order valence-corrected chi connectivity index (χ0v) is 25.5. The normalized spacial score (nSPS) is 16.8. The first-order chi connectivity index (χ1) is 17.8. The van der Waals surface area contributed by atoms with Crippen LogP contribution in [0.15, 0.2) is 29.8 Å². The number of hydrogen-bond acceptors (Lipinski definition) is 2. The minimum atomic E-state index is 0.321. The molecule has 1 heterocycles. The lowest BCUT2D eigenvalue weighted by Crippen LogP contribution is -2.47. The summed E-state index contributed by atoms with van der Waals surface area (Å²) in [5.74, 6) is 2.49. The molecule has 2 atom stereocenters. The van der Waals surface area contributed by atoms with Crippen LogP contribution in [0.2, 0.25) is 0 Å². The molecule has 0 aliphatic carbocycles. The van der Waals surface area contributed by atoms with E-state index in [1.165, 1.54) is 100 Å². The largest absolute Gasteiger partial charge is 0.396 e. The molecule has 1 aliphatic heterocycles. The molecular weight excluding hydrogens is 450 g/mol. The molecule has 1 N–H and O–H groups in total. The number of aliphatic hydroxyl groups excluding tert-OH is 1. The minimum Gasteiger partial charge on any atom is -0.396 e. The van der Waals surface area contributed by atoms with Gasteiger partial charge in [-0.15, -0.1) is 0 Å². The molecule has 0 saturated carbocycles. The zero-order valence-electron chi connectivity index (χ0n) is 25.5. The van der Waals surface area contributed by atoms with Gasteiger partial charge in [-0.05, 0) is 87.7 Å². The average Bonchev–Trinajstić information content (AvgIpc) is 2.85. The lowest BCUT2D eigenvalue weighted by Gasteiger charge is -2.44. The second-order valence-electron chi connectivity index (χ2n) is 12.6. The van der Waals surface area contributed by atoms with Gasteiger partial charge in [-0.25, -0.2) is 0 Å². The van der Waals surface area contributed by atoms with E-state index >= 15 is 0 Å². The molecule has 1 aromatic rings. The van der Waals surface area contributed by atoms with Gasteiger partial charge in [0, 0.05) is 25.7 Å². The van der Waals surface area contributed by atoms with Crippen LogP contribution in [-0.4, -0.2) is 29.7 Å². The maximum atomic E-state index is 9.07. The molecule has 2 heteroatoms. The fraction of sp³-hybridized carbons (Fsp3) is 0.771. The Balaban J connectivity index is 1.60. The van der Waals surface area contributed by atoms with Crippen molar-refractivity contribution in [2.75, 3.05) is 19.7 Å². The molecular formula is C35H61NO. The Hall–Kier alpha value is -1.12. The second kappa shape index (κ2) is 18.2. The monoisotopic (exact) mass is 511 g/mol. The van der Waals surface area contributed by atoms with Crippen molar-refractivity contribution in [2.45, 2.75) is 137 Å². The van der Waals surface area contributed by atoms with Gasteiger partial charge in [0.2, 0.25) is 0 Å². The number of nitrogens with zero attached hydrogens (tertiary/aromatic N) is 1. The van der Waals surface area contributed by atoms with Crippen molar-refractivity contribution in [3.8, 4) is 0 Å². The predicted molar refractivity (Wildman–Crippen MR) is 163 cm³/mol. The summed E-state index contributed by atoms with van der Waals surface area (Å²) < 4.78 is 0. The van der Waals surface area contributed by atoms with E-state index in [0.29, 0.717) is 18.6 Å². The highest BCUT2D eigenvalue weighted by atomic mass is 16.2. The van der Waals surface area contributed by atoms with Crippen molar-refractivity contribution in [3.05, 3.63) is 46.5 Å². The van der Waals surface area contributed by atoms with Gasteiger partial charge in [-0.3, -0.25) is 4.90 Å². The molecule has 0 bridgehead atoms. The maximum Gasteiger partial charge on any atom is 0.0431 e. The molecule has 2 rings (SSSR count). The number of unbranched alkanes of at least 4 members (excludes halogenated alkanes) is 6. The zero-order chi connectivity index (χ0) is 27.0. The summed E-state index contributed by atoms with van der Waals surface area (Å²) in [5.41, 5.74) is 6.12. The third kappa shape index (κ3) is 12.1. The summed E-state index contributed by atoms with van der Waals surface area (Å²) in [6.07, 6.45) is 20.6. The van der Waals surface area contributed by atoms with Crippen LogP contribution in [0, 0.1) is 24.7 Å². The Labute approximate surface area is 231 Å². The summed E-state index contributed by atoms with van der Waals surface area (Å²) in [6.45, 7) is 17.0. The van der Waals surface area contributed by atoms with E-state index in [1.807, 2.05) is 0 Å². The van der Waals surface area contributed by atoms with Gasteiger partial charge in [0.05, 0.1) is 0 Å². The van der Waals surface area contributed by atoms with Crippen molar-refractivity contribution < 1.29 is 5.11 Å². The standard InChI is InChI=1S/C35H61NO/c1-7-8-18-33(28(2)3)22-20-29(4)16-12-9-10-13-17-32-26-36(27-32)31(6)35-25-30(5)21-23-34(35)19-14-11-15-24-37/h18,21,23,25,28-29,31-32,37H,7-17,19-20,22,24,26-27H2,1-6H3/b33-18-. The first-order valence-corrected chi connectivity index (χ1v) is 16.0. The minimum absolute atomic E-state index is 0.321. The van der Waals surface area contributed by atoms with E-state index in [1.54, 1.807) is 5.57 Å². The summed E-state index contributed by atoms with van der Waals surface area (Å²) >= 11 is 0. The summed E-state index contributed by atoms with van der Waals surface area (Å²) in [7, 11) is 0. The molecule has 1 saturated heterocycles. The summed E-state index contributed by atoms with van der Waals surface area (Å²) in [4.78, 5) is 2.69. The number of benzene rings is 1. The molecule has 2 unspecified atom stereocenters. The first kappa shape index (κ1) is 32.1. The highest BCUT2D eigenvalue weighted by molar-refractivity contribution is 5.34. The van der Waals surface area contributed by atoms with Crippen LogP contribution < -0.4 is 0 Å². The number of allylic oxidation sites excluding steroid dienone is 2. The van der Waals surface area contributed by atoms with Crippen molar-refractivity contribution >= 4 is 0 Å². The number of likely N-dealkylation sites (tertiary alicyclic amines) is 1. The Morgan fingerprint density at radius 2 is 1.70 bits per heavy atom. The van der Waals surface area contributed by atoms with E-state index in [0.717, 1.165) is 31.1 Å². The fourth-order valence-corrected chi connectivity index (χ4v) is 6.03. The van der Waals surface area contributed by atoms with Crippen molar-refractivity contribution in [1.29, 1.82) is 0 Å². The number of aliphatic hydroxyl groups is 1. The van der Waals surface area contributed by atoms with Crippen molar-refractivity contribution in [2.24, 2.45) is 17.8 Å². The van der Waals surface area contributed by atoms with Crippen LogP contribution in [-0.2, 0) is 6.42 Å². The Morgan fingerprint density at radius 3 is 2.41 bits per heavy atom. The molecule has 212 valence electrons. The van der Waals surface area contributed by atoms with Gasteiger partial charge in [-0.2, -0.15) is 0 Å². The molecule has 37 heavy (non-hydrogen) atoms. The summed E-state index contributed by atoms with van der Waals surface area (Å²) in [5, 5.41) is 9.07. The van der Waals surface area contributed by atoms with Crippen LogP contribution in [0.4, 0.5) is 0 Å². The van der Waals surface area contributed by atoms with E-state index in [9.17, 15) is 0 Å².